The van der Waals surface area contributed by atoms with E-state index in [1.807, 2.05) is 24.0 Å². The molecule has 1 N–H and O–H groups in total. The van der Waals surface area contributed by atoms with Crippen LogP contribution in [0.25, 0.3) is 11.0 Å². The van der Waals surface area contributed by atoms with Gasteiger partial charge in [0, 0.05) is 37.1 Å². The standard InChI is InChI=1S/C14H15ClN2O2/c1-9-10-3-2-4-11(15)13(10)19-12(9)14(18)17-7-5-16-6-8-17/h2-4,16H,5-8H2,1H3. The predicted octanol–water partition coefficient (Wildman–Crippen LogP) is 2.44. The zero-order valence-corrected chi connectivity index (χ0v) is 11.5. The van der Waals surface area contributed by atoms with E-state index in [2.05, 4.69) is 5.32 Å². The molecule has 1 aromatic carbocycles. The van der Waals surface area contributed by atoms with Crippen molar-refractivity contribution in [2.45, 2.75) is 6.92 Å². The van der Waals surface area contributed by atoms with Crippen LogP contribution in [-0.4, -0.2) is 37.0 Å². The third kappa shape index (κ3) is 2.11. The number of halogens is 1. The van der Waals surface area contributed by atoms with Crippen molar-refractivity contribution in [3.8, 4) is 0 Å². The lowest BCUT2D eigenvalue weighted by Gasteiger charge is -2.26. The number of carbonyl (C=O) groups is 1. The lowest BCUT2D eigenvalue weighted by molar-refractivity contribution is 0.0705. The Morgan fingerprint density at radius 2 is 2.11 bits per heavy atom. The molecule has 0 spiro atoms. The Bertz CT molecular complexity index is 630. The second kappa shape index (κ2) is 4.87. The highest BCUT2D eigenvalue weighted by Gasteiger charge is 2.24. The molecule has 1 aliphatic heterocycles. The Balaban J connectivity index is 2.02. The van der Waals surface area contributed by atoms with Crippen molar-refractivity contribution in [2.24, 2.45) is 0 Å². The summed E-state index contributed by atoms with van der Waals surface area (Å²) in [5.74, 6) is 0.358. The maximum absolute atomic E-state index is 12.5. The molecule has 0 aliphatic carbocycles. The average molecular weight is 279 g/mol. The molecule has 2 heterocycles. The van der Waals surface area contributed by atoms with E-state index in [1.54, 1.807) is 6.07 Å². The number of piperazine rings is 1. The van der Waals surface area contributed by atoms with Crippen LogP contribution in [0, 0.1) is 6.92 Å². The van der Waals surface area contributed by atoms with Gasteiger partial charge in [-0.05, 0) is 13.0 Å². The first-order valence-corrected chi connectivity index (χ1v) is 6.74. The second-order valence-corrected chi connectivity index (χ2v) is 5.12. The second-order valence-electron chi connectivity index (χ2n) is 4.71. The molecule has 0 atom stereocenters. The highest BCUT2D eigenvalue weighted by Crippen LogP contribution is 2.31. The minimum Gasteiger partial charge on any atom is -0.449 e. The van der Waals surface area contributed by atoms with Gasteiger partial charge in [0.15, 0.2) is 11.3 Å². The molecule has 1 aromatic heterocycles. The number of hydrogen-bond acceptors (Lipinski definition) is 3. The Morgan fingerprint density at radius 1 is 1.37 bits per heavy atom. The molecule has 19 heavy (non-hydrogen) atoms. The predicted molar refractivity (Wildman–Crippen MR) is 74.7 cm³/mol. The van der Waals surface area contributed by atoms with Crippen molar-refractivity contribution in [1.29, 1.82) is 0 Å². The number of nitrogens with zero attached hydrogens (tertiary/aromatic N) is 1. The van der Waals surface area contributed by atoms with E-state index in [-0.39, 0.29) is 5.91 Å². The number of furan rings is 1. The van der Waals surface area contributed by atoms with Crippen LogP contribution < -0.4 is 5.32 Å². The number of para-hydroxylation sites is 1. The number of carbonyl (C=O) groups excluding carboxylic acids is 1. The molecule has 1 saturated heterocycles. The third-order valence-electron chi connectivity index (χ3n) is 3.51. The molecule has 1 aliphatic rings. The largest absolute Gasteiger partial charge is 0.449 e. The minimum atomic E-state index is -0.0498. The third-order valence-corrected chi connectivity index (χ3v) is 3.81. The SMILES string of the molecule is Cc1c(C(=O)N2CCNCC2)oc2c(Cl)cccc12. The summed E-state index contributed by atoms with van der Waals surface area (Å²) in [5, 5.41) is 4.68. The zero-order valence-electron chi connectivity index (χ0n) is 10.7. The molecule has 100 valence electrons. The first-order valence-electron chi connectivity index (χ1n) is 6.36. The number of aryl methyl sites for hydroxylation is 1. The molecule has 1 amide bonds. The van der Waals surface area contributed by atoms with Crippen LogP contribution in [0.5, 0.6) is 0 Å². The Kier molecular flexibility index (Phi) is 3.21. The number of rotatable bonds is 1. The Hall–Kier alpha value is -1.52. The summed E-state index contributed by atoms with van der Waals surface area (Å²) in [6.45, 7) is 4.97. The summed E-state index contributed by atoms with van der Waals surface area (Å²) in [6.07, 6.45) is 0. The van der Waals surface area contributed by atoms with Gasteiger partial charge in [0.05, 0.1) is 5.02 Å². The zero-order chi connectivity index (χ0) is 13.4. The lowest BCUT2D eigenvalue weighted by Crippen LogP contribution is -2.46. The maximum atomic E-state index is 12.5. The van der Waals surface area contributed by atoms with Crippen LogP contribution in [0.3, 0.4) is 0 Å². The van der Waals surface area contributed by atoms with E-state index in [0.29, 0.717) is 29.5 Å². The molecule has 2 aromatic rings. The van der Waals surface area contributed by atoms with Crippen LogP contribution in [-0.2, 0) is 0 Å². The van der Waals surface area contributed by atoms with E-state index in [4.69, 9.17) is 16.0 Å². The van der Waals surface area contributed by atoms with Gasteiger partial charge in [0.25, 0.3) is 5.91 Å². The quantitative estimate of drug-likeness (QED) is 0.871. The van der Waals surface area contributed by atoms with E-state index in [1.165, 1.54) is 0 Å². The molecule has 5 heteroatoms. The molecule has 0 saturated carbocycles. The molecule has 0 bridgehead atoms. The number of amides is 1. The molecule has 4 nitrogen and oxygen atoms in total. The van der Waals surface area contributed by atoms with Crippen molar-refractivity contribution in [2.75, 3.05) is 26.2 Å². The van der Waals surface area contributed by atoms with Crippen molar-refractivity contribution in [3.63, 3.8) is 0 Å². The van der Waals surface area contributed by atoms with Crippen LogP contribution in [0.15, 0.2) is 22.6 Å². The van der Waals surface area contributed by atoms with Crippen molar-refractivity contribution >= 4 is 28.5 Å². The average Bonchev–Trinajstić information content (AvgIpc) is 2.78. The highest BCUT2D eigenvalue weighted by atomic mass is 35.5. The van der Waals surface area contributed by atoms with Crippen molar-refractivity contribution in [3.05, 3.63) is 34.5 Å². The number of fused-ring (bicyclic) bond motifs is 1. The van der Waals surface area contributed by atoms with Gasteiger partial charge in [-0.15, -0.1) is 0 Å². The minimum absolute atomic E-state index is 0.0498. The monoisotopic (exact) mass is 278 g/mol. The first kappa shape index (κ1) is 12.5. The van der Waals surface area contributed by atoms with E-state index in [0.717, 1.165) is 24.0 Å². The molecule has 0 radical (unpaired) electrons. The summed E-state index contributed by atoms with van der Waals surface area (Å²) in [4.78, 5) is 14.3. The van der Waals surface area contributed by atoms with Gasteiger partial charge in [-0.25, -0.2) is 0 Å². The molecule has 3 rings (SSSR count). The molecular weight excluding hydrogens is 264 g/mol. The fourth-order valence-electron chi connectivity index (χ4n) is 2.42. The lowest BCUT2D eigenvalue weighted by atomic mass is 10.1. The van der Waals surface area contributed by atoms with E-state index in [9.17, 15) is 4.79 Å². The smallest absolute Gasteiger partial charge is 0.289 e. The fourth-order valence-corrected chi connectivity index (χ4v) is 2.64. The van der Waals surface area contributed by atoms with Crippen LogP contribution >= 0.6 is 11.6 Å². The Labute approximate surface area is 116 Å². The van der Waals surface area contributed by atoms with Gasteiger partial charge in [-0.2, -0.15) is 0 Å². The van der Waals surface area contributed by atoms with Crippen LogP contribution in [0.1, 0.15) is 16.1 Å². The first-order chi connectivity index (χ1) is 9.18. The van der Waals surface area contributed by atoms with Gasteiger partial charge < -0.3 is 14.6 Å². The summed E-state index contributed by atoms with van der Waals surface area (Å²) >= 11 is 6.10. The Morgan fingerprint density at radius 3 is 2.79 bits per heavy atom. The van der Waals surface area contributed by atoms with Crippen molar-refractivity contribution in [1.82, 2.24) is 10.2 Å². The van der Waals surface area contributed by atoms with Gasteiger partial charge >= 0.3 is 0 Å². The van der Waals surface area contributed by atoms with Crippen LogP contribution in [0.4, 0.5) is 0 Å². The summed E-state index contributed by atoms with van der Waals surface area (Å²) in [7, 11) is 0. The van der Waals surface area contributed by atoms with Gasteiger partial charge in [-0.3, -0.25) is 4.79 Å². The van der Waals surface area contributed by atoms with Crippen LogP contribution in [0.2, 0.25) is 5.02 Å². The summed E-state index contributed by atoms with van der Waals surface area (Å²) < 4.78 is 5.70. The number of hydrogen-bond donors (Lipinski definition) is 1. The van der Waals surface area contributed by atoms with E-state index < -0.39 is 0 Å². The van der Waals surface area contributed by atoms with Gasteiger partial charge in [0.1, 0.15) is 0 Å². The topological polar surface area (TPSA) is 45.5 Å². The molecule has 0 unspecified atom stereocenters. The van der Waals surface area contributed by atoms with Gasteiger partial charge in [-0.1, -0.05) is 23.7 Å². The fraction of sp³-hybridized carbons (Fsp3) is 0.357. The van der Waals surface area contributed by atoms with E-state index >= 15 is 0 Å². The molecular formula is C14H15ClN2O2. The number of nitrogens with one attached hydrogen (secondary N) is 1. The van der Waals surface area contributed by atoms with Crippen molar-refractivity contribution < 1.29 is 9.21 Å². The normalized spacial score (nSPS) is 16.0. The number of benzene rings is 1. The molecule has 1 fully saturated rings. The maximum Gasteiger partial charge on any atom is 0.289 e. The van der Waals surface area contributed by atoms with Gasteiger partial charge in [0.2, 0.25) is 0 Å². The highest BCUT2D eigenvalue weighted by molar-refractivity contribution is 6.35. The summed E-state index contributed by atoms with van der Waals surface area (Å²) in [6, 6.07) is 5.56. The summed E-state index contributed by atoms with van der Waals surface area (Å²) in [5.41, 5.74) is 1.46.